The molecule has 4 nitrogen and oxygen atoms in total. The van der Waals surface area contributed by atoms with Crippen molar-refractivity contribution in [3.05, 3.63) is 22.2 Å². The van der Waals surface area contributed by atoms with Gasteiger partial charge in [0.1, 0.15) is 0 Å². The fourth-order valence-corrected chi connectivity index (χ4v) is 2.47. The number of rotatable bonds is 6. The predicted octanol–water partition coefficient (Wildman–Crippen LogP) is 4.06. The van der Waals surface area contributed by atoms with Crippen molar-refractivity contribution in [3.8, 4) is 11.5 Å². The van der Waals surface area contributed by atoms with Gasteiger partial charge in [0.15, 0.2) is 11.5 Å². The third-order valence-corrected chi connectivity index (χ3v) is 3.77. The van der Waals surface area contributed by atoms with Crippen LogP contribution in [-0.4, -0.2) is 25.3 Å². The summed E-state index contributed by atoms with van der Waals surface area (Å²) in [5.41, 5.74) is -1.90. The van der Waals surface area contributed by atoms with Gasteiger partial charge in [0.2, 0.25) is 0 Å². The van der Waals surface area contributed by atoms with Crippen molar-refractivity contribution in [1.29, 1.82) is 0 Å². The molecule has 0 amide bonds. The summed E-state index contributed by atoms with van der Waals surface area (Å²) in [6, 6.07) is 2.52. The fraction of sp³-hybridized carbons (Fsp3) is 0.500. The van der Waals surface area contributed by atoms with E-state index >= 15 is 0 Å². The first-order valence-electron chi connectivity index (χ1n) is 6.08. The Bertz CT molecular complexity index is 544. The van der Waals surface area contributed by atoms with Gasteiger partial charge in [-0.05, 0) is 26.0 Å². The molecule has 0 radical (unpaired) electrons. The Morgan fingerprint density at radius 1 is 1.24 bits per heavy atom. The predicted molar refractivity (Wildman–Crippen MR) is 77.2 cm³/mol. The summed E-state index contributed by atoms with van der Waals surface area (Å²) in [6.07, 6.45) is -0.830. The van der Waals surface area contributed by atoms with Crippen LogP contribution in [0.3, 0.4) is 0 Å². The number of hydrogen-bond acceptors (Lipinski definition) is 3. The summed E-state index contributed by atoms with van der Waals surface area (Å²) in [6.45, 7) is 2.52. The summed E-state index contributed by atoms with van der Waals surface area (Å²) >= 11 is 3.07. The van der Waals surface area contributed by atoms with Gasteiger partial charge in [-0.15, -0.1) is 0 Å². The SMILES string of the molecule is COc1cc(Br)c(C(F)(F)CC(C)(C)C(=O)O)cc1OC. The van der Waals surface area contributed by atoms with Crippen molar-refractivity contribution in [2.24, 2.45) is 5.41 Å². The average molecular weight is 367 g/mol. The van der Waals surface area contributed by atoms with Crippen LogP contribution in [0.4, 0.5) is 8.78 Å². The molecule has 1 N–H and O–H groups in total. The Balaban J connectivity index is 3.28. The zero-order chi connectivity index (χ0) is 16.4. The highest BCUT2D eigenvalue weighted by molar-refractivity contribution is 9.10. The summed E-state index contributed by atoms with van der Waals surface area (Å²) in [5.74, 6) is -4.15. The molecule has 21 heavy (non-hydrogen) atoms. The van der Waals surface area contributed by atoms with Crippen LogP contribution in [-0.2, 0) is 10.7 Å². The molecule has 0 saturated carbocycles. The number of benzene rings is 1. The van der Waals surface area contributed by atoms with Crippen molar-refractivity contribution >= 4 is 21.9 Å². The van der Waals surface area contributed by atoms with Gasteiger partial charge in [0.25, 0.3) is 5.92 Å². The second-order valence-corrected chi connectivity index (χ2v) is 6.11. The Kier molecular flexibility index (Phi) is 5.20. The summed E-state index contributed by atoms with van der Waals surface area (Å²) in [7, 11) is 2.74. The molecule has 1 rings (SSSR count). The van der Waals surface area contributed by atoms with Crippen LogP contribution in [0.5, 0.6) is 11.5 Å². The van der Waals surface area contributed by atoms with Crippen LogP contribution >= 0.6 is 15.9 Å². The van der Waals surface area contributed by atoms with Gasteiger partial charge in [-0.25, -0.2) is 8.78 Å². The average Bonchev–Trinajstić information content (AvgIpc) is 2.36. The van der Waals surface area contributed by atoms with Crippen LogP contribution in [0.2, 0.25) is 0 Å². The largest absolute Gasteiger partial charge is 0.493 e. The molecule has 118 valence electrons. The Hall–Kier alpha value is -1.37. The quantitative estimate of drug-likeness (QED) is 0.824. The van der Waals surface area contributed by atoms with Crippen molar-refractivity contribution in [1.82, 2.24) is 0 Å². The summed E-state index contributed by atoms with van der Waals surface area (Å²) in [5, 5.41) is 9.01. The summed E-state index contributed by atoms with van der Waals surface area (Å²) in [4.78, 5) is 11.0. The van der Waals surface area contributed by atoms with Gasteiger partial charge in [-0.1, -0.05) is 15.9 Å². The van der Waals surface area contributed by atoms with E-state index in [4.69, 9.17) is 14.6 Å². The number of alkyl halides is 2. The van der Waals surface area contributed by atoms with Gasteiger partial charge in [0.05, 0.1) is 19.6 Å². The second-order valence-electron chi connectivity index (χ2n) is 5.26. The maximum absolute atomic E-state index is 14.4. The zero-order valence-corrected chi connectivity index (χ0v) is 13.8. The molecule has 1 aromatic carbocycles. The van der Waals surface area contributed by atoms with Gasteiger partial charge in [-0.3, -0.25) is 4.79 Å². The number of hydrogen-bond donors (Lipinski definition) is 1. The second kappa shape index (κ2) is 6.17. The van der Waals surface area contributed by atoms with Crippen LogP contribution in [0.15, 0.2) is 16.6 Å². The first-order valence-corrected chi connectivity index (χ1v) is 6.87. The third-order valence-electron chi connectivity index (χ3n) is 3.11. The smallest absolute Gasteiger partial charge is 0.309 e. The van der Waals surface area contributed by atoms with E-state index in [0.29, 0.717) is 5.75 Å². The minimum Gasteiger partial charge on any atom is -0.493 e. The van der Waals surface area contributed by atoms with E-state index in [9.17, 15) is 13.6 Å². The van der Waals surface area contributed by atoms with Gasteiger partial charge in [-0.2, -0.15) is 0 Å². The Labute approximate surface area is 130 Å². The molecule has 0 aliphatic heterocycles. The number of methoxy groups -OCH3 is 2. The lowest BCUT2D eigenvalue weighted by atomic mass is 9.84. The van der Waals surface area contributed by atoms with E-state index in [1.165, 1.54) is 34.1 Å². The highest BCUT2D eigenvalue weighted by Gasteiger charge is 2.43. The molecule has 0 saturated heterocycles. The third kappa shape index (κ3) is 3.84. The summed E-state index contributed by atoms with van der Waals surface area (Å²) < 4.78 is 39.0. The van der Waals surface area contributed by atoms with Crippen molar-refractivity contribution in [2.75, 3.05) is 14.2 Å². The maximum Gasteiger partial charge on any atom is 0.309 e. The molecule has 1 aromatic rings. The van der Waals surface area contributed by atoms with E-state index in [2.05, 4.69) is 15.9 Å². The first kappa shape index (κ1) is 17.7. The number of halogens is 3. The van der Waals surface area contributed by atoms with Crippen LogP contribution in [0, 0.1) is 5.41 Å². The fourth-order valence-electron chi connectivity index (χ4n) is 1.86. The number of carbonyl (C=O) groups is 1. The standard InChI is InChI=1S/C14H17BrF2O4/c1-13(2,12(18)19)7-14(16,17)8-5-10(20-3)11(21-4)6-9(8)15/h5-6H,7H2,1-4H3,(H,18,19). The minimum atomic E-state index is -3.33. The molecule has 0 spiro atoms. The number of carboxylic acid groups (broad SMARTS) is 1. The molecule has 0 unspecified atom stereocenters. The van der Waals surface area contributed by atoms with E-state index in [0.717, 1.165) is 6.07 Å². The Morgan fingerprint density at radius 3 is 2.14 bits per heavy atom. The lowest BCUT2D eigenvalue weighted by molar-refractivity contribution is -0.153. The molecule has 0 fully saturated rings. The number of aliphatic carboxylic acids is 1. The molecular formula is C14H17BrF2O4. The van der Waals surface area contributed by atoms with E-state index in [-0.39, 0.29) is 15.8 Å². The molecule has 0 aliphatic carbocycles. The van der Waals surface area contributed by atoms with Crippen LogP contribution < -0.4 is 9.47 Å². The van der Waals surface area contributed by atoms with E-state index < -0.39 is 23.7 Å². The molecule has 0 bridgehead atoms. The van der Waals surface area contributed by atoms with Crippen LogP contribution in [0.25, 0.3) is 0 Å². The van der Waals surface area contributed by atoms with Crippen molar-refractivity contribution in [2.45, 2.75) is 26.2 Å². The molecule has 0 aliphatic rings. The lowest BCUT2D eigenvalue weighted by Gasteiger charge is -2.27. The van der Waals surface area contributed by atoms with Crippen molar-refractivity contribution in [3.63, 3.8) is 0 Å². The maximum atomic E-state index is 14.4. The Morgan fingerprint density at radius 2 is 1.71 bits per heavy atom. The molecule has 0 aromatic heterocycles. The number of carboxylic acids is 1. The molecule has 0 heterocycles. The van der Waals surface area contributed by atoms with Crippen LogP contribution in [0.1, 0.15) is 25.8 Å². The molecular weight excluding hydrogens is 350 g/mol. The highest BCUT2D eigenvalue weighted by atomic mass is 79.9. The van der Waals surface area contributed by atoms with Gasteiger partial charge in [0, 0.05) is 16.5 Å². The monoisotopic (exact) mass is 366 g/mol. The number of ether oxygens (including phenoxy) is 2. The van der Waals surface area contributed by atoms with Gasteiger partial charge >= 0.3 is 5.97 Å². The lowest BCUT2D eigenvalue weighted by Crippen LogP contribution is -2.31. The van der Waals surface area contributed by atoms with Gasteiger partial charge < -0.3 is 14.6 Å². The zero-order valence-electron chi connectivity index (χ0n) is 12.2. The molecule has 0 atom stereocenters. The van der Waals surface area contributed by atoms with E-state index in [1.807, 2.05) is 0 Å². The van der Waals surface area contributed by atoms with Crippen molar-refractivity contribution < 1.29 is 28.2 Å². The van der Waals surface area contributed by atoms with E-state index in [1.54, 1.807) is 0 Å². The topological polar surface area (TPSA) is 55.8 Å². The molecule has 7 heteroatoms. The normalized spacial score (nSPS) is 12.1. The highest BCUT2D eigenvalue weighted by Crippen LogP contribution is 2.45. The first-order chi connectivity index (χ1) is 9.55. The minimum absolute atomic E-state index is 0.131.